The Bertz CT molecular complexity index is 767. The van der Waals surface area contributed by atoms with Crippen LogP contribution in [-0.4, -0.2) is 56.8 Å². The number of nitrogens with zero attached hydrogens (tertiary/aromatic N) is 4. The van der Waals surface area contributed by atoms with Gasteiger partial charge < -0.3 is 9.80 Å². The van der Waals surface area contributed by atoms with Crippen molar-refractivity contribution in [1.82, 2.24) is 19.8 Å². The highest BCUT2D eigenvalue weighted by molar-refractivity contribution is 5.96. The molecule has 26 heavy (non-hydrogen) atoms. The Morgan fingerprint density at radius 1 is 0.808 bits per heavy atom. The zero-order chi connectivity index (χ0) is 18.8. The fourth-order valence-corrected chi connectivity index (χ4v) is 3.37. The summed E-state index contributed by atoms with van der Waals surface area (Å²) < 4.78 is 0. The van der Waals surface area contributed by atoms with Crippen LogP contribution in [0.1, 0.15) is 45.7 Å². The number of piperazine rings is 1. The standard InChI is InChI=1S/C20H24N4O2/c1-13-5-17(9-21-7-13)19(25)23-11-16(4)24(12-15(23)3)20(26)18-6-14(2)8-22-10-18/h5-10,15-16H,11-12H2,1-4H3. The number of amides is 2. The van der Waals surface area contributed by atoms with Crippen molar-refractivity contribution >= 4 is 11.8 Å². The number of carbonyl (C=O) groups excluding carboxylic acids is 2. The molecule has 0 spiro atoms. The molecule has 6 heteroatoms. The summed E-state index contributed by atoms with van der Waals surface area (Å²) in [5, 5.41) is 0. The highest BCUT2D eigenvalue weighted by Crippen LogP contribution is 2.20. The molecule has 0 N–H and O–H groups in total. The monoisotopic (exact) mass is 352 g/mol. The minimum absolute atomic E-state index is 0.0372. The first-order valence-electron chi connectivity index (χ1n) is 8.82. The molecule has 2 amide bonds. The van der Waals surface area contributed by atoms with Gasteiger partial charge in [0.25, 0.3) is 11.8 Å². The Kier molecular flexibility index (Phi) is 5.02. The number of carbonyl (C=O) groups is 2. The molecular weight excluding hydrogens is 328 g/mol. The predicted octanol–water partition coefficient (Wildman–Crippen LogP) is 2.47. The van der Waals surface area contributed by atoms with Gasteiger partial charge in [-0.05, 0) is 51.0 Å². The molecule has 136 valence electrons. The lowest BCUT2D eigenvalue weighted by Gasteiger charge is -2.44. The largest absolute Gasteiger partial charge is 0.332 e. The molecule has 0 aromatic carbocycles. The molecule has 2 aromatic rings. The average molecular weight is 352 g/mol. The van der Waals surface area contributed by atoms with Crippen LogP contribution in [0.15, 0.2) is 36.9 Å². The van der Waals surface area contributed by atoms with Gasteiger partial charge in [-0.1, -0.05) is 0 Å². The molecule has 2 atom stereocenters. The number of hydrogen-bond donors (Lipinski definition) is 0. The van der Waals surface area contributed by atoms with E-state index in [4.69, 9.17) is 0 Å². The van der Waals surface area contributed by atoms with Crippen molar-refractivity contribution in [2.45, 2.75) is 39.8 Å². The maximum atomic E-state index is 12.9. The molecule has 2 aromatic heterocycles. The Morgan fingerprint density at radius 2 is 1.19 bits per heavy atom. The highest BCUT2D eigenvalue weighted by atomic mass is 16.2. The molecule has 3 rings (SSSR count). The molecule has 1 fully saturated rings. The van der Waals surface area contributed by atoms with E-state index in [1.165, 1.54) is 0 Å². The van der Waals surface area contributed by atoms with E-state index >= 15 is 0 Å². The smallest absolute Gasteiger partial charge is 0.255 e. The van der Waals surface area contributed by atoms with Crippen LogP contribution in [0.5, 0.6) is 0 Å². The van der Waals surface area contributed by atoms with Gasteiger partial charge in [-0.15, -0.1) is 0 Å². The van der Waals surface area contributed by atoms with Crippen molar-refractivity contribution in [3.05, 3.63) is 59.2 Å². The van der Waals surface area contributed by atoms with E-state index in [1.807, 2.05) is 49.6 Å². The molecule has 0 radical (unpaired) electrons. The van der Waals surface area contributed by atoms with Gasteiger partial charge in [0.2, 0.25) is 0 Å². The van der Waals surface area contributed by atoms with Crippen LogP contribution in [0.4, 0.5) is 0 Å². The third-order valence-electron chi connectivity index (χ3n) is 4.75. The normalized spacial score (nSPS) is 20.2. The van der Waals surface area contributed by atoms with E-state index < -0.39 is 0 Å². The molecule has 0 bridgehead atoms. The summed E-state index contributed by atoms with van der Waals surface area (Å²) in [5.74, 6) is -0.0743. The van der Waals surface area contributed by atoms with Crippen molar-refractivity contribution in [1.29, 1.82) is 0 Å². The Morgan fingerprint density at radius 3 is 1.54 bits per heavy atom. The first kappa shape index (κ1) is 18.0. The number of hydrogen-bond acceptors (Lipinski definition) is 4. The fourth-order valence-electron chi connectivity index (χ4n) is 3.37. The second kappa shape index (κ2) is 7.23. The lowest BCUT2D eigenvalue weighted by molar-refractivity contribution is 0.0269. The third kappa shape index (κ3) is 3.59. The molecule has 1 aliphatic rings. The molecular formula is C20H24N4O2. The van der Waals surface area contributed by atoms with Gasteiger partial charge in [0.15, 0.2) is 0 Å². The molecule has 0 saturated carbocycles. The quantitative estimate of drug-likeness (QED) is 0.833. The van der Waals surface area contributed by atoms with Gasteiger partial charge in [-0.25, -0.2) is 0 Å². The van der Waals surface area contributed by atoms with Gasteiger partial charge in [0.1, 0.15) is 0 Å². The maximum absolute atomic E-state index is 12.9. The molecule has 1 saturated heterocycles. The van der Waals surface area contributed by atoms with Gasteiger partial charge >= 0.3 is 0 Å². The van der Waals surface area contributed by atoms with E-state index in [0.29, 0.717) is 24.2 Å². The van der Waals surface area contributed by atoms with E-state index in [1.54, 1.807) is 24.8 Å². The summed E-state index contributed by atoms with van der Waals surface area (Å²) in [6, 6.07) is 3.56. The number of rotatable bonds is 2. The lowest BCUT2D eigenvalue weighted by atomic mass is 10.0. The average Bonchev–Trinajstić information content (AvgIpc) is 2.62. The number of pyridine rings is 2. The van der Waals surface area contributed by atoms with Crippen LogP contribution in [0.2, 0.25) is 0 Å². The SMILES string of the molecule is Cc1cncc(C(=O)N2CC(C)N(C(=O)c3cncc(C)c3)CC2C)c1. The van der Waals surface area contributed by atoms with Gasteiger partial charge in [0, 0.05) is 50.0 Å². The Hall–Kier alpha value is -2.76. The van der Waals surface area contributed by atoms with Crippen LogP contribution < -0.4 is 0 Å². The number of aryl methyl sites for hydroxylation is 2. The van der Waals surface area contributed by atoms with Gasteiger partial charge in [0.05, 0.1) is 11.1 Å². The van der Waals surface area contributed by atoms with E-state index in [-0.39, 0.29) is 23.9 Å². The molecule has 3 heterocycles. The minimum Gasteiger partial charge on any atom is -0.332 e. The van der Waals surface area contributed by atoms with Crippen LogP contribution >= 0.6 is 0 Å². The second-order valence-electron chi connectivity index (χ2n) is 7.12. The van der Waals surface area contributed by atoms with Crippen molar-refractivity contribution in [2.24, 2.45) is 0 Å². The summed E-state index contributed by atoms with van der Waals surface area (Å²) in [7, 11) is 0. The van der Waals surface area contributed by atoms with Crippen LogP contribution in [0.25, 0.3) is 0 Å². The summed E-state index contributed by atoms with van der Waals surface area (Å²) in [5.41, 5.74) is 3.09. The number of aromatic nitrogens is 2. The van der Waals surface area contributed by atoms with E-state index in [2.05, 4.69) is 9.97 Å². The maximum Gasteiger partial charge on any atom is 0.255 e. The van der Waals surface area contributed by atoms with E-state index in [0.717, 1.165) is 11.1 Å². The van der Waals surface area contributed by atoms with Crippen molar-refractivity contribution < 1.29 is 9.59 Å². The molecule has 0 aliphatic carbocycles. The van der Waals surface area contributed by atoms with Crippen molar-refractivity contribution in [2.75, 3.05) is 13.1 Å². The first-order chi connectivity index (χ1) is 12.4. The highest BCUT2D eigenvalue weighted by Gasteiger charge is 2.35. The van der Waals surface area contributed by atoms with Crippen molar-refractivity contribution in [3.8, 4) is 0 Å². The summed E-state index contributed by atoms with van der Waals surface area (Å²) in [6.45, 7) is 8.78. The van der Waals surface area contributed by atoms with Crippen LogP contribution in [0.3, 0.4) is 0 Å². The zero-order valence-electron chi connectivity index (χ0n) is 15.6. The molecule has 6 nitrogen and oxygen atoms in total. The Labute approximate surface area is 153 Å². The van der Waals surface area contributed by atoms with Crippen LogP contribution in [0, 0.1) is 13.8 Å². The minimum atomic E-state index is -0.0686. The summed E-state index contributed by atoms with van der Waals surface area (Å²) >= 11 is 0. The molecule has 2 unspecified atom stereocenters. The Balaban J connectivity index is 1.77. The third-order valence-corrected chi connectivity index (χ3v) is 4.75. The van der Waals surface area contributed by atoms with Crippen molar-refractivity contribution in [3.63, 3.8) is 0 Å². The molecule has 1 aliphatic heterocycles. The van der Waals surface area contributed by atoms with E-state index in [9.17, 15) is 9.59 Å². The van der Waals surface area contributed by atoms with Gasteiger partial charge in [-0.2, -0.15) is 0 Å². The van der Waals surface area contributed by atoms with Crippen LogP contribution in [-0.2, 0) is 0 Å². The summed E-state index contributed by atoms with van der Waals surface area (Å²) in [4.78, 5) is 37.6. The predicted molar refractivity (Wildman–Crippen MR) is 98.9 cm³/mol. The lowest BCUT2D eigenvalue weighted by Crippen LogP contribution is -2.59. The zero-order valence-corrected chi connectivity index (χ0v) is 15.6. The topological polar surface area (TPSA) is 66.4 Å². The summed E-state index contributed by atoms with van der Waals surface area (Å²) in [6.07, 6.45) is 6.66. The fraction of sp³-hybridized carbons (Fsp3) is 0.400. The first-order valence-corrected chi connectivity index (χ1v) is 8.82. The van der Waals surface area contributed by atoms with Gasteiger partial charge in [-0.3, -0.25) is 19.6 Å². The second-order valence-corrected chi connectivity index (χ2v) is 7.12.